The Kier molecular flexibility index (Phi) is 2.84. The molecule has 0 unspecified atom stereocenters. The fraction of sp³-hybridized carbons (Fsp3) is 0.500. The standard InChI is InChI=1S/C12H16OS/c1-8(2)12-9-5-3-4-6-11(9)14-7-10(12)13/h3-6,8,10,12-13H,7H2,1-2H3/t10-,12-/m0/s1. The van der Waals surface area contributed by atoms with Crippen molar-refractivity contribution in [2.45, 2.75) is 30.8 Å². The molecule has 0 aromatic heterocycles. The third kappa shape index (κ3) is 1.69. The van der Waals surface area contributed by atoms with Gasteiger partial charge < -0.3 is 5.11 Å². The number of rotatable bonds is 1. The number of hydrogen-bond donors (Lipinski definition) is 1. The first-order chi connectivity index (χ1) is 6.70. The maximum atomic E-state index is 9.97. The molecule has 1 nitrogen and oxygen atoms in total. The Morgan fingerprint density at radius 3 is 2.79 bits per heavy atom. The van der Waals surface area contributed by atoms with Crippen molar-refractivity contribution in [3.05, 3.63) is 29.8 Å². The highest BCUT2D eigenvalue weighted by atomic mass is 32.2. The van der Waals surface area contributed by atoms with E-state index in [1.165, 1.54) is 10.5 Å². The first-order valence-corrected chi connectivity index (χ1v) is 6.08. The van der Waals surface area contributed by atoms with E-state index >= 15 is 0 Å². The van der Waals surface area contributed by atoms with Crippen molar-refractivity contribution in [1.82, 2.24) is 0 Å². The molecule has 76 valence electrons. The molecular formula is C12H16OS. The molecule has 0 aliphatic carbocycles. The van der Waals surface area contributed by atoms with E-state index in [4.69, 9.17) is 0 Å². The van der Waals surface area contributed by atoms with Crippen LogP contribution in [-0.4, -0.2) is 17.0 Å². The van der Waals surface area contributed by atoms with Gasteiger partial charge in [-0.25, -0.2) is 0 Å². The summed E-state index contributed by atoms with van der Waals surface area (Å²) in [7, 11) is 0. The highest BCUT2D eigenvalue weighted by Crippen LogP contribution is 2.40. The molecule has 0 spiro atoms. The topological polar surface area (TPSA) is 20.2 Å². The lowest BCUT2D eigenvalue weighted by molar-refractivity contribution is 0.141. The van der Waals surface area contributed by atoms with E-state index in [9.17, 15) is 5.11 Å². The summed E-state index contributed by atoms with van der Waals surface area (Å²) < 4.78 is 0. The van der Waals surface area contributed by atoms with E-state index in [1.54, 1.807) is 11.8 Å². The van der Waals surface area contributed by atoms with Crippen molar-refractivity contribution in [3.63, 3.8) is 0 Å². The molecule has 1 aliphatic rings. The Labute approximate surface area is 89.5 Å². The third-order valence-electron chi connectivity index (χ3n) is 2.82. The molecule has 2 heteroatoms. The van der Waals surface area contributed by atoms with Crippen molar-refractivity contribution >= 4 is 11.8 Å². The second-order valence-electron chi connectivity index (χ2n) is 4.19. The van der Waals surface area contributed by atoms with Gasteiger partial charge in [-0.05, 0) is 17.5 Å². The average molecular weight is 208 g/mol. The minimum atomic E-state index is -0.185. The molecule has 14 heavy (non-hydrogen) atoms. The lowest BCUT2D eigenvalue weighted by Gasteiger charge is -2.32. The Balaban J connectivity index is 2.41. The zero-order chi connectivity index (χ0) is 10.1. The first-order valence-electron chi connectivity index (χ1n) is 5.10. The lowest BCUT2D eigenvalue weighted by atomic mass is 9.84. The molecule has 2 atom stereocenters. The van der Waals surface area contributed by atoms with Gasteiger partial charge in [-0.3, -0.25) is 0 Å². The van der Waals surface area contributed by atoms with E-state index in [0.29, 0.717) is 11.8 Å². The zero-order valence-electron chi connectivity index (χ0n) is 8.60. The third-order valence-corrected chi connectivity index (χ3v) is 4.01. The highest BCUT2D eigenvalue weighted by Gasteiger charge is 2.30. The summed E-state index contributed by atoms with van der Waals surface area (Å²) >= 11 is 1.77. The summed E-state index contributed by atoms with van der Waals surface area (Å²) in [5.74, 6) is 1.65. The molecule has 0 bridgehead atoms. The van der Waals surface area contributed by atoms with Gasteiger partial charge in [0.25, 0.3) is 0 Å². The largest absolute Gasteiger partial charge is 0.392 e. The summed E-state index contributed by atoms with van der Waals surface area (Å²) in [6.07, 6.45) is -0.185. The first kappa shape index (κ1) is 10.1. The molecule has 0 radical (unpaired) electrons. The van der Waals surface area contributed by atoms with E-state index in [0.717, 1.165) is 5.75 Å². The van der Waals surface area contributed by atoms with Gasteiger partial charge in [-0.2, -0.15) is 0 Å². The monoisotopic (exact) mass is 208 g/mol. The van der Waals surface area contributed by atoms with Crippen LogP contribution in [0.25, 0.3) is 0 Å². The van der Waals surface area contributed by atoms with Gasteiger partial charge in [0.1, 0.15) is 0 Å². The predicted molar refractivity (Wildman–Crippen MR) is 60.8 cm³/mol. The molecule has 0 saturated heterocycles. The van der Waals surface area contributed by atoms with Gasteiger partial charge in [0.2, 0.25) is 0 Å². The SMILES string of the molecule is CC(C)[C@H]1c2ccccc2SC[C@@H]1O. The summed E-state index contributed by atoms with van der Waals surface area (Å²) in [6.45, 7) is 4.36. The minimum absolute atomic E-state index is 0.185. The lowest BCUT2D eigenvalue weighted by Crippen LogP contribution is -2.28. The van der Waals surface area contributed by atoms with Crippen LogP contribution < -0.4 is 0 Å². The average Bonchev–Trinajstić information content (AvgIpc) is 2.17. The van der Waals surface area contributed by atoms with Gasteiger partial charge in [-0.15, -0.1) is 11.8 Å². The van der Waals surface area contributed by atoms with Crippen molar-refractivity contribution in [2.24, 2.45) is 5.92 Å². The number of aliphatic hydroxyl groups excluding tert-OH is 1. The maximum absolute atomic E-state index is 9.97. The molecule has 1 aromatic carbocycles. The van der Waals surface area contributed by atoms with Gasteiger partial charge in [0.05, 0.1) is 6.10 Å². The Hall–Kier alpha value is -0.470. The van der Waals surface area contributed by atoms with E-state index in [1.807, 2.05) is 0 Å². The number of hydrogen-bond acceptors (Lipinski definition) is 2. The second kappa shape index (κ2) is 3.95. The molecule has 1 heterocycles. The van der Waals surface area contributed by atoms with E-state index < -0.39 is 0 Å². The fourth-order valence-corrected chi connectivity index (χ4v) is 3.28. The Morgan fingerprint density at radius 2 is 2.07 bits per heavy atom. The van der Waals surface area contributed by atoms with Crippen molar-refractivity contribution in [3.8, 4) is 0 Å². The molecule has 0 amide bonds. The van der Waals surface area contributed by atoms with E-state index in [-0.39, 0.29) is 6.10 Å². The van der Waals surface area contributed by atoms with Crippen LogP contribution in [0.5, 0.6) is 0 Å². The Bertz CT molecular complexity index is 322. The fourth-order valence-electron chi connectivity index (χ4n) is 2.18. The molecule has 1 aliphatic heterocycles. The van der Waals surface area contributed by atoms with Crippen LogP contribution in [0.2, 0.25) is 0 Å². The maximum Gasteiger partial charge on any atom is 0.0705 e. The summed E-state index contributed by atoms with van der Waals surface area (Å²) in [4.78, 5) is 1.34. The highest BCUT2D eigenvalue weighted by molar-refractivity contribution is 7.99. The number of thioether (sulfide) groups is 1. The number of aliphatic hydroxyl groups is 1. The van der Waals surface area contributed by atoms with Crippen molar-refractivity contribution < 1.29 is 5.11 Å². The van der Waals surface area contributed by atoms with E-state index in [2.05, 4.69) is 38.1 Å². The summed E-state index contributed by atoms with van der Waals surface area (Å²) in [6, 6.07) is 8.43. The molecule has 0 saturated carbocycles. The zero-order valence-corrected chi connectivity index (χ0v) is 9.42. The van der Waals surface area contributed by atoms with Crippen LogP contribution in [0, 0.1) is 5.92 Å². The molecule has 1 N–H and O–H groups in total. The van der Waals surface area contributed by atoms with Crippen LogP contribution >= 0.6 is 11.8 Å². The normalized spacial score (nSPS) is 26.3. The van der Waals surface area contributed by atoms with Crippen LogP contribution in [0.1, 0.15) is 25.3 Å². The van der Waals surface area contributed by atoms with Crippen molar-refractivity contribution in [1.29, 1.82) is 0 Å². The Morgan fingerprint density at radius 1 is 1.36 bits per heavy atom. The van der Waals surface area contributed by atoms with Crippen LogP contribution in [0.15, 0.2) is 29.2 Å². The van der Waals surface area contributed by atoms with Crippen LogP contribution in [-0.2, 0) is 0 Å². The molecule has 1 aromatic rings. The second-order valence-corrected chi connectivity index (χ2v) is 5.25. The molecular weight excluding hydrogens is 192 g/mol. The minimum Gasteiger partial charge on any atom is -0.392 e. The quantitative estimate of drug-likeness (QED) is 0.765. The number of benzene rings is 1. The van der Waals surface area contributed by atoms with Crippen molar-refractivity contribution in [2.75, 3.05) is 5.75 Å². The summed E-state index contributed by atoms with van der Waals surface area (Å²) in [5.41, 5.74) is 1.33. The van der Waals surface area contributed by atoms with Gasteiger partial charge in [-0.1, -0.05) is 32.0 Å². The molecule has 2 rings (SSSR count). The molecule has 0 fully saturated rings. The summed E-state index contributed by atoms with van der Waals surface area (Å²) in [5, 5.41) is 9.97. The smallest absolute Gasteiger partial charge is 0.0705 e. The number of fused-ring (bicyclic) bond motifs is 1. The van der Waals surface area contributed by atoms with Crippen LogP contribution in [0.4, 0.5) is 0 Å². The van der Waals surface area contributed by atoms with Gasteiger partial charge in [0, 0.05) is 16.6 Å². The van der Waals surface area contributed by atoms with Gasteiger partial charge >= 0.3 is 0 Å². The predicted octanol–water partition coefficient (Wildman–Crippen LogP) is 2.89. The van der Waals surface area contributed by atoms with Gasteiger partial charge in [0.15, 0.2) is 0 Å². The van der Waals surface area contributed by atoms with Crippen LogP contribution in [0.3, 0.4) is 0 Å².